The first-order valence-corrected chi connectivity index (χ1v) is 7.02. The number of anilines is 2. The van der Waals surface area contributed by atoms with Gasteiger partial charge in [0.1, 0.15) is 5.82 Å². The molecule has 0 radical (unpaired) electrons. The third-order valence-electron chi connectivity index (χ3n) is 2.49. The van der Waals surface area contributed by atoms with Gasteiger partial charge in [0.05, 0.1) is 4.90 Å². The van der Waals surface area contributed by atoms with Gasteiger partial charge in [-0.2, -0.15) is 0 Å². The molecule has 0 spiro atoms. The van der Waals surface area contributed by atoms with Crippen LogP contribution in [0.3, 0.4) is 0 Å². The first kappa shape index (κ1) is 13.3. The number of hydrogen-bond donors (Lipinski definition) is 3. The van der Waals surface area contributed by atoms with Crippen molar-refractivity contribution < 1.29 is 8.42 Å². The van der Waals surface area contributed by atoms with E-state index in [1.807, 2.05) is 19.1 Å². The maximum atomic E-state index is 12.1. The van der Waals surface area contributed by atoms with Gasteiger partial charge in [0.25, 0.3) is 10.0 Å². The molecule has 1 aromatic heterocycles. The molecule has 0 fully saturated rings. The van der Waals surface area contributed by atoms with Gasteiger partial charge < -0.3 is 5.43 Å². The summed E-state index contributed by atoms with van der Waals surface area (Å²) in [5.74, 6) is 5.49. The van der Waals surface area contributed by atoms with E-state index in [0.717, 1.165) is 5.56 Å². The summed E-state index contributed by atoms with van der Waals surface area (Å²) in [6.07, 6.45) is 1.37. The van der Waals surface area contributed by atoms with Gasteiger partial charge >= 0.3 is 0 Å². The molecule has 0 atom stereocenters. The molecule has 0 aliphatic rings. The Bertz CT molecular complexity index is 668. The quantitative estimate of drug-likeness (QED) is 0.581. The highest BCUT2D eigenvalue weighted by atomic mass is 32.2. The molecule has 0 saturated heterocycles. The van der Waals surface area contributed by atoms with Crippen molar-refractivity contribution in [3.8, 4) is 0 Å². The number of aryl methyl sites for hydroxylation is 1. The van der Waals surface area contributed by atoms with Gasteiger partial charge in [-0.3, -0.25) is 4.72 Å². The summed E-state index contributed by atoms with van der Waals surface area (Å²) >= 11 is 0. The van der Waals surface area contributed by atoms with Crippen LogP contribution in [0.2, 0.25) is 0 Å². The van der Waals surface area contributed by atoms with Gasteiger partial charge in [0, 0.05) is 18.0 Å². The highest BCUT2D eigenvalue weighted by Crippen LogP contribution is 2.17. The number of rotatable bonds is 4. The van der Waals surface area contributed by atoms with Crippen LogP contribution in [-0.4, -0.2) is 13.4 Å². The Morgan fingerprint density at radius 2 is 1.84 bits per heavy atom. The Kier molecular flexibility index (Phi) is 3.68. The third kappa shape index (κ3) is 3.21. The SMILES string of the molecule is Cc1ccc(NS(=O)(=O)c2ccnc(NN)c2)cc1. The van der Waals surface area contributed by atoms with Crippen molar-refractivity contribution in [2.75, 3.05) is 10.1 Å². The molecule has 2 rings (SSSR count). The highest BCUT2D eigenvalue weighted by Gasteiger charge is 2.14. The number of sulfonamides is 1. The predicted octanol–water partition coefficient (Wildman–Crippen LogP) is 1.48. The average Bonchev–Trinajstić information content (AvgIpc) is 2.41. The number of nitrogens with two attached hydrogens (primary N) is 1. The number of pyridine rings is 1. The standard InChI is InChI=1S/C12H14N4O2S/c1-9-2-4-10(5-3-9)16-19(17,18)11-6-7-14-12(8-11)15-13/h2-8,16H,13H2,1H3,(H,14,15). The number of benzene rings is 1. The largest absolute Gasteiger partial charge is 0.308 e. The van der Waals surface area contributed by atoms with Gasteiger partial charge in [-0.15, -0.1) is 0 Å². The second-order valence-corrected chi connectivity index (χ2v) is 5.68. The van der Waals surface area contributed by atoms with Crippen molar-refractivity contribution in [1.29, 1.82) is 0 Å². The molecule has 2 aromatic rings. The maximum Gasteiger partial charge on any atom is 0.262 e. The summed E-state index contributed by atoms with van der Waals surface area (Å²) < 4.78 is 26.8. The van der Waals surface area contributed by atoms with Crippen molar-refractivity contribution in [2.24, 2.45) is 5.84 Å². The Hall–Kier alpha value is -2.12. The Balaban J connectivity index is 2.29. The van der Waals surface area contributed by atoms with Crippen LogP contribution in [-0.2, 0) is 10.0 Å². The van der Waals surface area contributed by atoms with Crippen molar-refractivity contribution in [3.63, 3.8) is 0 Å². The van der Waals surface area contributed by atoms with E-state index in [0.29, 0.717) is 5.69 Å². The fourth-order valence-corrected chi connectivity index (χ4v) is 2.56. The third-order valence-corrected chi connectivity index (χ3v) is 3.87. The second kappa shape index (κ2) is 5.25. The second-order valence-electron chi connectivity index (χ2n) is 3.99. The fraction of sp³-hybridized carbons (Fsp3) is 0.0833. The Labute approximate surface area is 111 Å². The normalized spacial score (nSPS) is 11.1. The lowest BCUT2D eigenvalue weighted by atomic mass is 10.2. The lowest BCUT2D eigenvalue weighted by Crippen LogP contribution is -2.14. The predicted molar refractivity (Wildman–Crippen MR) is 74.0 cm³/mol. The smallest absolute Gasteiger partial charge is 0.262 e. The molecule has 0 unspecified atom stereocenters. The van der Waals surface area contributed by atoms with Crippen LogP contribution in [0.1, 0.15) is 5.56 Å². The lowest BCUT2D eigenvalue weighted by Gasteiger charge is -2.09. The summed E-state index contributed by atoms with van der Waals surface area (Å²) in [6.45, 7) is 1.93. The molecule has 0 aliphatic carbocycles. The summed E-state index contributed by atoms with van der Waals surface area (Å²) in [6, 6.07) is 9.83. The molecule has 4 N–H and O–H groups in total. The van der Waals surface area contributed by atoms with Crippen LogP contribution in [0.15, 0.2) is 47.5 Å². The van der Waals surface area contributed by atoms with Crippen LogP contribution in [0.4, 0.5) is 11.5 Å². The molecule has 7 heteroatoms. The average molecular weight is 278 g/mol. The van der Waals surface area contributed by atoms with E-state index in [4.69, 9.17) is 5.84 Å². The van der Waals surface area contributed by atoms with E-state index in [9.17, 15) is 8.42 Å². The van der Waals surface area contributed by atoms with Crippen LogP contribution < -0.4 is 16.0 Å². The topological polar surface area (TPSA) is 97.1 Å². The minimum atomic E-state index is -3.64. The van der Waals surface area contributed by atoms with Crippen molar-refractivity contribution in [3.05, 3.63) is 48.2 Å². The highest BCUT2D eigenvalue weighted by molar-refractivity contribution is 7.92. The summed E-state index contributed by atoms with van der Waals surface area (Å²) in [4.78, 5) is 3.96. The van der Waals surface area contributed by atoms with E-state index in [1.165, 1.54) is 18.3 Å². The van der Waals surface area contributed by atoms with Crippen LogP contribution in [0, 0.1) is 6.92 Å². The van der Waals surface area contributed by atoms with E-state index in [-0.39, 0.29) is 10.7 Å². The molecular weight excluding hydrogens is 264 g/mol. The molecule has 0 aliphatic heterocycles. The molecule has 100 valence electrons. The van der Waals surface area contributed by atoms with E-state index < -0.39 is 10.0 Å². The Morgan fingerprint density at radius 1 is 1.16 bits per heavy atom. The van der Waals surface area contributed by atoms with Gasteiger partial charge in [0.15, 0.2) is 0 Å². The molecular formula is C12H14N4O2S. The van der Waals surface area contributed by atoms with E-state index in [1.54, 1.807) is 12.1 Å². The lowest BCUT2D eigenvalue weighted by molar-refractivity contribution is 0.601. The molecule has 0 amide bonds. The van der Waals surface area contributed by atoms with E-state index >= 15 is 0 Å². The number of aromatic nitrogens is 1. The van der Waals surface area contributed by atoms with Crippen molar-refractivity contribution >= 4 is 21.5 Å². The van der Waals surface area contributed by atoms with Gasteiger partial charge in [-0.25, -0.2) is 19.2 Å². The van der Waals surface area contributed by atoms with Crippen molar-refractivity contribution in [2.45, 2.75) is 11.8 Å². The number of hydrogen-bond acceptors (Lipinski definition) is 5. The number of nitrogen functional groups attached to an aromatic ring is 1. The minimum Gasteiger partial charge on any atom is -0.308 e. The van der Waals surface area contributed by atoms with Crippen LogP contribution in [0.25, 0.3) is 0 Å². The van der Waals surface area contributed by atoms with Crippen LogP contribution in [0.5, 0.6) is 0 Å². The molecule has 19 heavy (non-hydrogen) atoms. The first-order chi connectivity index (χ1) is 9.01. The molecule has 6 nitrogen and oxygen atoms in total. The summed E-state index contributed by atoms with van der Waals surface area (Å²) in [5.41, 5.74) is 3.87. The summed E-state index contributed by atoms with van der Waals surface area (Å²) in [5, 5.41) is 0. The number of nitrogens with one attached hydrogen (secondary N) is 2. The zero-order valence-corrected chi connectivity index (χ0v) is 11.1. The zero-order valence-electron chi connectivity index (χ0n) is 10.3. The molecule has 0 bridgehead atoms. The number of nitrogens with zero attached hydrogens (tertiary/aromatic N) is 1. The molecule has 1 aromatic carbocycles. The molecule has 1 heterocycles. The first-order valence-electron chi connectivity index (χ1n) is 5.53. The Morgan fingerprint density at radius 3 is 2.47 bits per heavy atom. The minimum absolute atomic E-state index is 0.0935. The van der Waals surface area contributed by atoms with Crippen molar-refractivity contribution in [1.82, 2.24) is 4.98 Å². The molecule has 0 saturated carbocycles. The zero-order chi connectivity index (χ0) is 13.9. The number of hydrazine groups is 1. The van der Waals surface area contributed by atoms with E-state index in [2.05, 4.69) is 15.1 Å². The maximum absolute atomic E-state index is 12.1. The van der Waals surface area contributed by atoms with Gasteiger partial charge in [-0.1, -0.05) is 17.7 Å². The van der Waals surface area contributed by atoms with Gasteiger partial charge in [-0.05, 0) is 25.1 Å². The van der Waals surface area contributed by atoms with Gasteiger partial charge in [0.2, 0.25) is 0 Å². The fourth-order valence-electron chi connectivity index (χ4n) is 1.49. The summed E-state index contributed by atoms with van der Waals surface area (Å²) in [7, 11) is -3.64. The monoisotopic (exact) mass is 278 g/mol. The van der Waals surface area contributed by atoms with Crippen LogP contribution >= 0.6 is 0 Å².